The number of aromatic nitrogens is 4. The van der Waals surface area contributed by atoms with E-state index in [0.29, 0.717) is 77.1 Å². The van der Waals surface area contributed by atoms with Crippen molar-refractivity contribution < 1.29 is 33.4 Å². The second-order valence-electron chi connectivity index (χ2n) is 15.1. The average molecular weight is 1150 g/mol. The molecule has 2 aromatic heterocycles. The number of carbonyl (C=O) groups is 1. The van der Waals surface area contributed by atoms with Gasteiger partial charge in [-0.1, -0.05) is 96.4 Å². The van der Waals surface area contributed by atoms with Crippen LogP contribution >= 0.6 is 72.8 Å². The van der Waals surface area contributed by atoms with E-state index in [1.165, 1.54) is 18.9 Å². The number of nitrogens with zero attached hydrogens (tertiary/aromatic N) is 7. The van der Waals surface area contributed by atoms with Gasteiger partial charge in [0.05, 0.1) is 60.4 Å². The van der Waals surface area contributed by atoms with Crippen LogP contribution in [-0.2, 0) is 32.4 Å². The van der Waals surface area contributed by atoms with Gasteiger partial charge < -0.3 is 50.7 Å². The smallest absolute Gasteiger partial charge is 0.157 e. The Morgan fingerprint density at radius 2 is 1.05 bits per heavy atom. The number of nitrogen functional groups attached to an aromatic ring is 2. The molecular formula is C49H64Cl6N12O7. The van der Waals surface area contributed by atoms with Gasteiger partial charge in [0.1, 0.15) is 67.2 Å². The number of hydrogen-bond donors (Lipinski definition) is 5. The minimum Gasteiger partial charge on any atom is -0.487 e. The Kier molecular flexibility index (Phi) is 33.5. The van der Waals surface area contributed by atoms with Gasteiger partial charge in [-0.25, -0.2) is 25.8 Å². The van der Waals surface area contributed by atoms with E-state index in [1.807, 2.05) is 66.7 Å². The predicted octanol–water partition coefficient (Wildman–Crippen LogP) is 9.10. The average Bonchev–Trinajstić information content (AvgIpc) is 3.37. The monoisotopic (exact) mass is 1140 g/mol. The molecule has 0 amide bonds. The van der Waals surface area contributed by atoms with Crippen molar-refractivity contribution in [2.24, 2.45) is 11.1 Å². The van der Waals surface area contributed by atoms with Crippen LogP contribution in [-0.4, -0.2) is 121 Å². The highest BCUT2D eigenvalue weighted by molar-refractivity contribution is 6.32. The van der Waals surface area contributed by atoms with Crippen LogP contribution in [0.5, 0.6) is 11.5 Å². The summed E-state index contributed by atoms with van der Waals surface area (Å²) in [4.78, 5) is 41.7. The quantitative estimate of drug-likeness (QED) is 0.0220. The van der Waals surface area contributed by atoms with E-state index in [4.69, 9.17) is 64.4 Å². The van der Waals surface area contributed by atoms with Crippen LogP contribution in [0.2, 0.25) is 10.0 Å². The molecule has 8 N–H and O–H groups in total. The van der Waals surface area contributed by atoms with E-state index in [2.05, 4.69) is 50.4 Å². The van der Waals surface area contributed by atoms with E-state index in [1.54, 1.807) is 30.3 Å². The number of nitrogens with one attached hydrogen (secondary N) is 2. The van der Waals surface area contributed by atoms with Gasteiger partial charge in [-0.15, -0.1) is 49.6 Å². The Bertz CT molecular complexity index is 2520. The fourth-order valence-electron chi connectivity index (χ4n) is 6.54. The maximum Gasteiger partial charge on any atom is 0.157 e. The van der Waals surface area contributed by atoms with Gasteiger partial charge in [0.2, 0.25) is 0 Å². The fraction of sp³-hybridized carbons (Fsp3) is 0.306. The highest BCUT2D eigenvalue weighted by atomic mass is 35.5. The summed E-state index contributed by atoms with van der Waals surface area (Å²) in [7, 11) is 0. The summed E-state index contributed by atoms with van der Waals surface area (Å²) in [5.74, 6) is 7.24. The zero-order valence-corrected chi connectivity index (χ0v) is 44.3. The van der Waals surface area contributed by atoms with E-state index in [-0.39, 0.29) is 74.3 Å². The number of halogens is 6. The van der Waals surface area contributed by atoms with Crippen molar-refractivity contribution in [3.05, 3.63) is 142 Å². The van der Waals surface area contributed by atoms with Crippen molar-refractivity contribution >= 4 is 120 Å². The van der Waals surface area contributed by atoms with Crippen molar-refractivity contribution in [3.63, 3.8) is 0 Å². The molecule has 19 nitrogen and oxygen atoms in total. The van der Waals surface area contributed by atoms with Gasteiger partial charge in [0.25, 0.3) is 0 Å². The van der Waals surface area contributed by atoms with Crippen LogP contribution < -0.4 is 37.5 Å². The lowest BCUT2D eigenvalue weighted by molar-refractivity contribution is 0.0203. The maximum absolute atomic E-state index is 11.1. The summed E-state index contributed by atoms with van der Waals surface area (Å²) in [6, 6.07) is 30.3. The van der Waals surface area contributed by atoms with Crippen molar-refractivity contribution in [1.29, 1.82) is 0 Å². The molecule has 74 heavy (non-hydrogen) atoms. The molecule has 0 unspecified atom stereocenters. The third kappa shape index (κ3) is 22.5. The Labute approximate surface area is 466 Å². The Morgan fingerprint density at radius 1 is 0.622 bits per heavy atom. The predicted molar refractivity (Wildman–Crippen MR) is 303 cm³/mol. The summed E-state index contributed by atoms with van der Waals surface area (Å²) >= 11 is 12.7. The number of ether oxygens (including phenoxy) is 4. The van der Waals surface area contributed by atoms with Crippen LogP contribution in [0.25, 0.3) is 0 Å². The molecular weight excluding hydrogens is 1080 g/mol. The third-order valence-electron chi connectivity index (χ3n) is 10.3. The Hall–Kier alpha value is -5.52. The van der Waals surface area contributed by atoms with Crippen LogP contribution in [0, 0.1) is 0 Å². The zero-order chi connectivity index (χ0) is 48.5. The van der Waals surface area contributed by atoms with E-state index in [9.17, 15) is 4.79 Å². The molecule has 4 heterocycles. The number of aldehydes is 1. The molecule has 404 valence electrons. The van der Waals surface area contributed by atoms with Crippen LogP contribution in [0.3, 0.4) is 0 Å². The second-order valence-corrected chi connectivity index (χ2v) is 15.9. The van der Waals surface area contributed by atoms with Gasteiger partial charge in [0, 0.05) is 50.6 Å². The van der Waals surface area contributed by atoms with E-state index in [0.717, 1.165) is 82.5 Å². The molecule has 6 aromatic rings. The van der Waals surface area contributed by atoms with Crippen LogP contribution in [0.1, 0.15) is 34.5 Å². The molecule has 2 aliphatic heterocycles. The Balaban J connectivity index is 0.000000604. The summed E-state index contributed by atoms with van der Waals surface area (Å²) in [6.07, 6.45) is 4.78. The minimum absolute atomic E-state index is 0. The zero-order valence-electron chi connectivity index (χ0n) is 39.6. The normalized spacial score (nSPS) is 12.9. The maximum atomic E-state index is 11.1. The van der Waals surface area contributed by atoms with Gasteiger partial charge in [0.15, 0.2) is 6.29 Å². The highest BCUT2D eigenvalue weighted by Gasteiger charge is 2.14. The van der Waals surface area contributed by atoms with Crippen LogP contribution in [0.4, 0.5) is 34.6 Å². The molecule has 4 aromatic carbocycles. The number of oxime groups is 1. The second kappa shape index (κ2) is 37.2. The van der Waals surface area contributed by atoms with Gasteiger partial charge in [-0.2, -0.15) is 0 Å². The lowest BCUT2D eigenvalue weighted by Gasteiger charge is -2.25. The first-order valence-electron chi connectivity index (χ1n) is 22.0. The first-order chi connectivity index (χ1) is 33.8. The topological polar surface area (TPSA) is 245 Å². The van der Waals surface area contributed by atoms with Crippen LogP contribution in [0.15, 0.2) is 115 Å². The fourth-order valence-corrected chi connectivity index (χ4v) is 7.01. The van der Waals surface area contributed by atoms with Gasteiger partial charge in [-0.05, 0) is 47.5 Å². The molecule has 2 aliphatic rings. The van der Waals surface area contributed by atoms with E-state index < -0.39 is 0 Å². The minimum atomic E-state index is 0. The number of carbonyl (C=O) groups excluding carboxylic acids is 1. The lowest BCUT2D eigenvalue weighted by Crippen LogP contribution is -2.38. The number of hydrogen-bond acceptors (Lipinski definition) is 19. The number of nitrogens with two attached hydrogens (primary N) is 3. The third-order valence-corrected chi connectivity index (χ3v) is 10.9. The molecule has 0 atom stereocenters. The van der Waals surface area contributed by atoms with Gasteiger partial charge >= 0.3 is 0 Å². The summed E-state index contributed by atoms with van der Waals surface area (Å²) in [5.41, 5.74) is 15.9. The van der Waals surface area contributed by atoms with E-state index >= 15 is 0 Å². The number of rotatable bonds is 19. The molecule has 0 saturated carbocycles. The molecule has 0 spiro atoms. The number of morpholine rings is 2. The SMILES string of the molecule is C.Cl.Cl.Cl.Cl.NOCCN1CCOCC1.Nc1ncnc(Nc2ccc(OCc3ccccc3)c(Cl)c2)c1/C=N/OCCN1CCOCC1.Nc1ncnc(Nc2ccc(OCc3ccccc3)c(Cl)c2)c1C=O. The summed E-state index contributed by atoms with van der Waals surface area (Å²) < 4.78 is 22.1. The molecule has 8 rings (SSSR count). The van der Waals surface area contributed by atoms with Gasteiger partial charge in [-0.3, -0.25) is 14.6 Å². The largest absolute Gasteiger partial charge is 0.487 e. The molecule has 0 bridgehead atoms. The first kappa shape index (κ1) is 66.5. The summed E-state index contributed by atoms with van der Waals surface area (Å²) in [6.45, 7) is 10.6. The molecule has 2 saturated heterocycles. The molecule has 2 fully saturated rings. The summed E-state index contributed by atoms with van der Waals surface area (Å²) in [5, 5.41) is 11.2. The first-order valence-corrected chi connectivity index (χ1v) is 22.7. The lowest BCUT2D eigenvalue weighted by atomic mass is 10.2. The molecule has 0 aliphatic carbocycles. The number of benzene rings is 4. The standard InChI is InChI=1S/C24H27ClN6O3.C18H15ClN4O2.C6H14N2O2.CH4.4ClH/c25-21-14-19(6-7-22(21)33-16-18-4-2-1-3-5-18)30-24-20(23(26)27-17-28-24)15-29-34-13-10-31-8-11-32-12-9-31;19-15-8-13(23-18-14(9-24)17(20)21-11-22-18)6-7-16(15)25-10-12-4-2-1-3-5-12;7-10-6-3-8-1-4-9-5-2-8;;;;;/h1-7,14-15,17H,8-13,16H2,(H3,26,27,28,30);1-9,11H,10H2,(H3,20,21,22,23);1-7H2;1H4;4*1H/b29-15+;;;;;;;. The Morgan fingerprint density at radius 3 is 1.49 bits per heavy atom. The molecule has 0 radical (unpaired) electrons. The van der Waals surface area contributed by atoms with Crippen molar-refractivity contribution in [1.82, 2.24) is 29.7 Å². The highest BCUT2D eigenvalue weighted by Crippen LogP contribution is 2.32. The number of anilines is 6. The van der Waals surface area contributed by atoms with Crippen molar-refractivity contribution in [3.8, 4) is 11.5 Å². The van der Waals surface area contributed by atoms with Crippen molar-refractivity contribution in [2.45, 2.75) is 20.6 Å². The van der Waals surface area contributed by atoms with Crippen molar-refractivity contribution in [2.75, 3.05) is 101 Å². The molecule has 25 heteroatoms.